The quantitative estimate of drug-likeness (QED) is 0.305. The third kappa shape index (κ3) is 5.99. The third-order valence-corrected chi connectivity index (χ3v) is 7.01. The number of hydrogen-bond acceptors (Lipinski definition) is 7. The number of carbonyl (C=O) groups excluding carboxylic acids is 1. The summed E-state index contributed by atoms with van der Waals surface area (Å²) in [7, 11) is 0. The fourth-order valence-electron chi connectivity index (χ4n) is 3.74. The van der Waals surface area contributed by atoms with Gasteiger partial charge < -0.3 is 14.2 Å². The minimum atomic E-state index is -0.498. The van der Waals surface area contributed by atoms with Gasteiger partial charge in [0.15, 0.2) is 17.3 Å². The summed E-state index contributed by atoms with van der Waals surface area (Å²) < 4.78 is 17.5. The normalized spacial score (nSPS) is 16.2. The second-order valence-corrected chi connectivity index (χ2v) is 10.2. The van der Waals surface area contributed by atoms with Gasteiger partial charge in [0.05, 0.1) is 17.2 Å². The average Bonchev–Trinajstić information content (AvgIpc) is 3.27. The van der Waals surface area contributed by atoms with Gasteiger partial charge in [0.2, 0.25) is 5.17 Å². The van der Waals surface area contributed by atoms with Gasteiger partial charge in [-0.2, -0.15) is 15.1 Å². The van der Waals surface area contributed by atoms with Crippen LogP contribution in [0.5, 0.6) is 17.2 Å². The highest BCUT2D eigenvalue weighted by Gasteiger charge is 2.36. The zero-order chi connectivity index (χ0) is 26.7. The summed E-state index contributed by atoms with van der Waals surface area (Å²) in [5.41, 5.74) is 2.93. The van der Waals surface area contributed by atoms with Gasteiger partial charge in [0.25, 0.3) is 5.91 Å². The summed E-state index contributed by atoms with van der Waals surface area (Å²) >= 11 is 7.88. The molecule has 0 aliphatic carbocycles. The maximum Gasteiger partial charge on any atom is 0.283 e. The molecule has 0 bridgehead atoms. The molecule has 0 spiro atoms. The third-order valence-electron chi connectivity index (χ3n) is 5.52. The van der Waals surface area contributed by atoms with Crippen LogP contribution in [-0.4, -0.2) is 46.8 Å². The molecule has 0 unspecified atom stereocenters. The number of ether oxygens (including phenoxy) is 3. The number of benzene rings is 2. The smallest absolute Gasteiger partial charge is 0.283 e. The van der Waals surface area contributed by atoms with Crippen LogP contribution >= 0.6 is 23.4 Å². The van der Waals surface area contributed by atoms with Crippen molar-refractivity contribution in [3.63, 3.8) is 0 Å². The second kappa shape index (κ2) is 11.4. The van der Waals surface area contributed by atoms with Crippen molar-refractivity contribution in [2.75, 3.05) is 19.8 Å². The zero-order valence-electron chi connectivity index (χ0n) is 21.4. The van der Waals surface area contributed by atoms with E-state index in [0.29, 0.717) is 40.5 Å². The summed E-state index contributed by atoms with van der Waals surface area (Å²) in [5.74, 6) is 1.27. The molecule has 0 atom stereocenters. The van der Waals surface area contributed by atoms with Crippen LogP contribution in [0.1, 0.15) is 37.5 Å². The first kappa shape index (κ1) is 26.8. The Morgan fingerprint density at radius 2 is 1.86 bits per heavy atom. The number of fused-ring (bicyclic) bond motifs is 1. The molecule has 2 aromatic carbocycles. The Bertz CT molecular complexity index is 1340. The van der Waals surface area contributed by atoms with Crippen LogP contribution in [0.2, 0.25) is 5.02 Å². The van der Waals surface area contributed by atoms with Gasteiger partial charge >= 0.3 is 0 Å². The molecule has 1 amide bonds. The lowest BCUT2D eigenvalue weighted by atomic mass is 10.1. The predicted octanol–water partition coefficient (Wildman–Crippen LogP) is 6.09. The summed E-state index contributed by atoms with van der Waals surface area (Å²) in [4.78, 5) is 16.9. The van der Waals surface area contributed by atoms with E-state index in [0.717, 1.165) is 16.4 Å². The summed E-state index contributed by atoms with van der Waals surface area (Å²) in [5, 5.41) is 15.9. The highest BCUT2D eigenvalue weighted by Crippen LogP contribution is 2.38. The molecule has 2 heterocycles. The minimum absolute atomic E-state index is 0.0314. The van der Waals surface area contributed by atoms with E-state index in [4.69, 9.17) is 31.2 Å². The van der Waals surface area contributed by atoms with E-state index in [1.54, 1.807) is 18.2 Å². The predicted molar refractivity (Wildman–Crippen MR) is 149 cm³/mol. The van der Waals surface area contributed by atoms with Gasteiger partial charge in [0.1, 0.15) is 24.0 Å². The lowest BCUT2D eigenvalue weighted by Crippen LogP contribution is -2.35. The van der Waals surface area contributed by atoms with Crippen LogP contribution in [0.4, 0.5) is 0 Å². The van der Waals surface area contributed by atoms with Crippen molar-refractivity contribution in [2.45, 2.75) is 34.6 Å². The molecule has 0 aromatic heterocycles. The number of nitrogens with one attached hydrogen (secondary N) is 1. The van der Waals surface area contributed by atoms with Crippen molar-refractivity contribution in [1.29, 1.82) is 5.41 Å². The van der Waals surface area contributed by atoms with Crippen molar-refractivity contribution < 1.29 is 19.0 Å². The molecule has 0 radical (unpaired) electrons. The Labute approximate surface area is 225 Å². The number of hydrazone groups is 1. The number of hydrogen-bond donors (Lipinski definition) is 1. The van der Waals surface area contributed by atoms with E-state index >= 15 is 0 Å². The zero-order valence-corrected chi connectivity index (χ0v) is 23.0. The molecule has 4 rings (SSSR count). The number of aliphatic imine (C=N–C) groups is 1. The molecule has 194 valence electrons. The number of halogens is 1. The first-order valence-corrected chi connectivity index (χ1v) is 13.2. The molecular weight excluding hydrogens is 512 g/mol. The van der Waals surface area contributed by atoms with Gasteiger partial charge in [-0.15, -0.1) is 0 Å². The molecule has 8 nitrogen and oxygen atoms in total. The van der Waals surface area contributed by atoms with Crippen LogP contribution in [0.3, 0.4) is 0 Å². The topological polar surface area (TPSA) is 96.6 Å². The van der Waals surface area contributed by atoms with Crippen LogP contribution in [0.15, 0.2) is 46.0 Å². The first-order valence-electron chi connectivity index (χ1n) is 12.0. The van der Waals surface area contributed by atoms with Crippen molar-refractivity contribution in [3.8, 4) is 17.2 Å². The maximum absolute atomic E-state index is 12.7. The van der Waals surface area contributed by atoms with Crippen LogP contribution in [0, 0.1) is 25.2 Å². The van der Waals surface area contributed by atoms with E-state index in [1.165, 1.54) is 22.3 Å². The number of rotatable bonds is 9. The van der Waals surface area contributed by atoms with Crippen LogP contribution in [-0.2, 0) is 4.79 Å². The van der Waals surface area contributed by atoms with E-state index in [1.807, 2.05) is 46.8 Å². The molecule has 2 aromatic rings. The van der Waals surface area contributed by atoms with Gasteiger partial charge in [0, 0.05) is 5.92 Å². The molecule has 0 saturated carbocycles. The number of amides is 1. The fraction of sp³-hybridized carbons (Fsp3) is 0.333. The van der Waals surface area contributed by atoms with E-state index in [9.17, 15) is 4.79 Å². The van der Waals surface area contributed by atoms with E-state index in [-0.39, 0.29) is 23.9 Å². The molecule has 0 saturated heterocycles. The van der Waals surface area contributed by atoms with Gasteiger partial charge in [-0.3, -0.25) is 10.2 Å². The molecular formula is C27H29ClN4O4S. The summed E-state index contributed by atoms with van der Waals surface area (Å²) in [6.45, 7) is 10.9. The largest absolute Gasteiger partial charge is 0.490 e. The van der Waals surface area contributed by atoms with Gasteiger partial charge in [-0.1, -0.05) is 43.1 Å². The first-order chi connectivity index (χ1) is 17.7. The SMILES string of the molecule is CCOc1cc(/C=C2/C(=N)N3N=C(C(C)C)SC3=NC2=O)cc(Cl)c1OCCOc1ccc(C)cc1C. The number of amidine groups is 2. The number of carbonyl (C=O) groups is 1. The Balaban J connectivity index is 1.51. The van der Waals surface area contributed by atoms with E-state index < -0.39 is 5.91 Å². The van der Waals surface area contributed by atoms with Gasteiger partial charge in [-0.05, 0) is 67.9 Å². The Morgan fingerprint density at radius 3 is 2.57 bits per heavy atom. The lowest BCUT2D eigenvalue weighted by molar-refractivity contribution is -0.114. The highest BCUT2D eigenvalue weighted by atomic mass is 35.5. The maximum atomic E-state index is 12.7. The van der Waals surface area contributed by atoms with Crippen LogP contribution < -0.4 is 14.2 Å². The fourth-order valence-corrected chi connectivity index (χ4v) is 4.90. The van der Waals surface area contributed by atoms with Crippen molar-refractivity contribution in [1.82, 2.24) is 5.01 Å². The van der Waals surface area contributed by atoms with Crippen molar-refractivity contribution in [3.05, 3.63) is 57.6 Å². The second-order valence-electron chi connectivity index (χ2n) is 8.84. The summed E-state index contributed by atoms with van der Waals surface area (Å²) in [6.07, 6.45) is 1.57. The monoisotopic (exact) mass is 540 g/mol. The lowest BCUT2D eigenvalue weighted by Gasteiger charge is -2.20. The molecule has 10 heteroatoms. The number of aryl methyl sites for hydroxylation is 2. The minimum Gasteiger partial charge on any atom is -0.490 e. The van der Waals surface area contributed by atoms with Gasteiger partial charge in [-0.25, -0.2) is 0 Å². The Morgan fingerprint density at radius 1 is 1.11 bits per heavy atom. The highest BCUT2D eigenvalue weighted by molar-refractivity contribution is 8.27. The van der Waals surface area contributed by atoms with Crippen molar-refractivity contribution >= 4 is 51.4 Å². The summed E-state index contributed by atoms with van der Waals surface area (Å²) in [6, 6.07) is 9.40. The Kier molecular flexibility index (Phi) is 8.24. The Hall–Kier alpha value is -3.30. The number of nitrogens with zero attached hydrogens (tertiary/aromatic N) is 3. The molecule has 1 N–H and O–H groups in total. The average molecular weight is 541 g/mol. The standard InChI is InChI=1S/C27H29ClN4O4S/c1-6-34-22-14-18(12-19-24(29)32-27(30-25(19)33)37-26(31-32)15(2)3)13-20(28)23(22)36-10-9-35-21-8-7-16(4)11-17(21)5/h7-8,11-15,29H,6,9-10H2,1-5H3/b19-12-,29-24?. The van der Waals surface area contributed by atoms with Crippen molar-refractivity contribution in [2.24, 2.45) is 16.0 Å². The van der Waals surface area contributed by atoms with E-state index in [2.05, 4.69) is 16.2 Å². The molecule has 2 aliphatic heterocycles. The number of thioether (sulfide) groups is 1. The molecule has 0 fully saturated rings. The molecule has 37 heavy (non-hydrogen) atoms. The van der Waals surface area contributed by atoms with Crippen LogP contribution in [0.25, 0.3) is 6.08 Å². The molecule has 2 aliphatic rings.